The van der Waals surface area contributed by atoms with Gasteiger partial charge in [-0.15, -0.1) is 0 Å². The molecule has 15 atom stereocenters. The molecule has 39 nitrogen and oxygen atoms in total. The first-order valence-corrected chi connectivity index (χ1v) is 40.3. The number of hydrogen-bond acceptors (Lipinski definition) is 27. The van der Waals surface area contributed by atoms with Crippen LogP contribution in [0.5, 0.6) is 17.2 Å². The number of carboxylic acid groups (broad SMARTS) is 3. The number of anilines is 3. The lowest BCUT2D eigenvalue weighted by atomic mass is 10.1. The Labute approximate surface area is 724 Å². The number of halogens is 6. The van der Waals surface area contributed by atoms with Crippen molar-refractivity contribution in [2.75, 3.05) is 55.4 Å². The van der Waals surface area contributed by atoms with E-state index in [1.165, 1.54) is 98.6 Å². The molecule has 18 rings (SSSR count). The van der Waals surface area contributed by atoms with Crippen molar-refractivity contribution in [3.8, 4) is 17.2 Å². The number of rotatable bonds is 27. The standard InChI is InChI=1S/C29H28F2N6O7.C28H26F2N6O7.C27H24F2N6O7/c1-2-3-10-32-29(40)36-24-21-25(34-13-33-24)37(14-35-21)26-23-22(43-28(44-23)15-4-6-16(30)7-5-15)20(42-26)12-41-19-9-8-17(31)11-18(19)27(38)39;1-2-9-31-28(39)35-23-20-24(33-12-32-23)36(13-34-20)25-22-21(42-27(43-22)14-3-5-15(29)6-4-14)19(41-25)11-40-18-8-7-16(30)10-17(18)26(37)38;1-2-30-27(38)34-22-19-23(32-11-31-22)35(12-33-19)24-21-20(41-26(42-21)13-3-5-14(28)6-4-13)18(40-24)10-39-17-9-15(29)7-8-16(17)25(36)37/h4-9,11,13-14,20,22-23,26,28H,2-3,10,12H2,1H3,(H,38,39)(H2,32,33,34,36,40);3-8,10,12-13,19,21-22,25,27H,2,9,11H2,1H3,(H,37,38)(H2,31,32,33,35,39);3-9,11-12,18,20-21,24,26H,2,10H2,1H3,(H,36,37)(H2,30,31,32,34,38)/t20?,22?,23?,26?,28-;19?,21?,22?,25?,27-;18?,20?,21?,24?,26-/m000/s1. The molecule has 9 N–H and O–H groups in total. The molecule has 129 heavy (non-hydrogen) atoms. The summed E-state index contributed by atoms with van der Waals surface area (Å²) in [5.41, 5.74) is 2.71. The molecule has 6 aromatic carbocycles. The van der Waals surface area contributed by atoms with Crippen LogP contribution >= 0.6 is 0 Å². The van der Waals surface area contributed by atoms with Gasteiger partial charge >= 0.3 is 36.0 Å². The second-order valence-electron chi connectivity index (χ2n) is 29.5. The summed E-state index contributed by atoms with van der Waals surface area (Å²) in [4.78, 5) is 110. The molecule has 6 aliphatic heterocycles. The first-order valence-electron chi connectivity index (χ1n) is 40.3. The summed E-state index contributed by atoms with van der Waals surface area (Å²) in [6.07, 6.45) is -1.21. The van der Waals surface area contributed by atoms with Gasteiger partial charge in [-0.05, 0) is 105 Å². The fourth-order valence-electron chi connectivity index (χ4n) is 14.9. The fraction of sp³-hybridized carbons (Fsp3) is 0.321. The molecule has 0 saturated carbocycles. The predicted molar refractivity (Wildman–Crippen MR) is 433 cm³/mol. The summed E-state index contributed by atoms with van der Waals surface area (Å²) in [5, 5.41) is 44.6. The molecule has 12 aromatic rings. The zero-order chi connectivity index (χ0) is 90.3. The van der Waals surface area contributed by atoms with E-state index in [2.05, 4.69) is 76.8 Å². The minimum absolute atomic E-state index is 0.0507. The lowest BCUT2D eigenvalue weighted by Crippen LogP contribution is -2.33. The molecule has 0 spiro atoms. The fourth-order valence-corrected chi connectivity index (χ4v) is 14.9. The van der Waals surface area contributed by atoms with Crippen LogP contribution in [0.1, 0.15) is 125 Å². The Morgan fingerprint density at radius 3 is 1.03 bits per heavy atom. The summed E-state index contributed by atoms with van der Waals surface area (Å²) in [7, 11) is 0. The van der Waals surface area contributed by atoms with E-state index in [0.29, 0.717) is 69.8 Å². The molecule has 12 unspecified atom stereocenters. The van der Waals surface area contributed by atoms with E-state index in [9.17, 15) is 70.4 Å². The number of fused-ring (bicyclic) bond motifs is 6. The molecule has 6 aromatic heterocycles. The van der Waals surface area contributed by atoms with Crippen LogP contribution in [-0.2, 0) is 42.6 Å². The Kier molecular flexibility index (Phi) is 26.7. The largest absolute Gasteiger partial charge is 0.490 e. The number of carbonyl (C=O) groups is 6. The number of imidazole rings is 3. The molecule has 45 heteroatoms. The second-order valence-corrected chi connectivity index (χ2v) is 29.5. The number of hydrogen-bond donors (Lipinski definition) is 9. The molecule has 0 aliphatic carbocycles. The van der Waals surface area contributed by atoms with Crippen molar-refractivity contribution in [3.05, 3.63) is 234 Å². The molecular formula is C84H78F6N18O21. The normalized spacial score (nSPS) is 22.8. The second kappa shape index (κ2) is 39.0. The molecule has 672 valence electrons. The zero-order valence-corrected chi connectivity index (χ0v) is 67.9. The van der Waals surface area contributed by atoms with Gasteiger partial charge in [0.1, 0.15) is 163 Å². The van der Waals surface area contributed by atoms with E-state index in [1.807, 2.05) is 13.8 Å². The number of ether oxygens (including phenoxy) is 12. The van der Waals surface area contributed by atoms with Gasteiger partial charge in [0.25, 0.3) is 0 Å². The van der Waals surface area contributed by atoms with Crippen LogP contribution < -0.4 is 46.1 Å². The van der Waals surface area contributed by atoms with Gasteiger partial charge in [-0.1, -0.05) is 56.7 Å². The highest BCUT2D eigenvalue weighted by Crippen LogP contribution is 2.49. The van der Waals surface area contributed by atoms with Crippen LogP contribution in [0.3, 0.4) is 0 Å². The van der Waals surface area contributed by atoms with Gasteiger partial charge in [-0.3, -0.25) is 29.7 Å². The number of carboxylic acids is 3. The Hall–Kier alpha value is -14.2. The maximum Gasteiger partial charge on any atom is 0.339 e. The van der Waals surface area contributed by atoms with E-state index in [1.54, 1.807) is 44.9 Å². The van der Waals surface area contributed by atoms with Crippen LogP contribution in [0.15, 0.2) is 165 Å². The van der Waals surface area contributed by atoms with Gasteiger partial charge in [0.05, 0.1) is 19.0 Å². The van der Waals surface area contributed by atoms with Crippen molar-refractivity contribution in [2.45, 2.75) is 133 Å². The highest BCUT2D eigenvalue weighted by atomic mass is 19.1. The quantitative estimate of drug-likeness (QED) is 0.0170. The monoisotopic (exact) mass is 1790 g/mol. The Morgan fingerprint density at radius 1 is 0.357 bits per heavy atom. The SMILES string of the molecule is CCCCNC(=O)Nc1ncnc2c1ncn2C1OC(COc2ccc(F)cc2C(=O)O)C2O[C@H](c3ccc(F)cc3)OC21.CCCNC(=O)Nc1ncnc2c1ncn2C1OC(COc2ccc(F)cc2C(=O)O)C2O[C@H](c3ccc(F)cc3)OC21.CCNC(=O)Nc1ncnc2c1ncn2C1OC(COc2cc(F)ccc2C(=O)O)C2O[C@H](c3ccc(F)cc3)OC21. The lowest BCUT2D eigenvalue weighted by molar-refractivity contribution is -0.152. The highest BCUT2D eigenvalue weighted by molar-refractivity contribution is 5.98. The van der Waals surface area contributed by atoms with Crippen LogP contribution in [0.25, 0.3) is 33.5 Å². The average Bonchev–Trinajstić information content (AvgIpc) is 1.60. The molecule has 6 fully saturated rings. The van der Waals surface area contributed by atoms with E-state index < -0.39 is 163 Å². The molecular weight excluding hydrogens is 1710 g/mol. The first kappa shape index (κ1) is 88.3. The van der Waals surface area contributed by atoms with Crippen molar-refractivity contribution in [3.63, 3.8) is 0 Å². The first-order chi connectivity index (χ1) is 62.5. The topological polar surface area (TPSA) is 477 Å². The van der Waals surface area contributed by atoms with Gasteiger partial charge in [0.15, 0.2) is 88.5 Å². The summed E-state index contributed by atoms with van der Waals surface area (Å²) in [6.45, 7) is 6.56. The third-order valence-corrected chi connectivity index (χ3v) is 21.0. The molecule has 6 aliphatic rings. The number of nitrogens with one attached hydrogen (secondary N) is 6. The van der Waals surface area contributed by atoms with Gasteiger partial charge in [-0.2, -0.15) is 0 Å². The minimum Gasteiger partial charge on any atom is -0.490 e. The van der Waals surface area contributed by atoms with Gasteiger partial charge in [-0.25, -0.2) is 100.0 Å². The zero-order valence-electron chi connectivity index (χ0n) is 67.9. The van der Waals surface area contributed by atoms with Crippen molar-refractivity contribution in [2.24, 2.45) is 0 Å². The Morgan fingerprint density at radius 2 is 0.682 bits per heavy atom. The Bertz CT molecular complexity index is 6110. The molecule has 12 heterocycles. The van der Waals surface area contributed by atoms with Gasteiger partial charge in [0, 0.05) is 42.4 Å². The number of carbonyl (C=O) groups excluding carboxylic acids is 3. The van der Waals surface area contributed by atoms with E-state index >= 15 is 0 Å². The van der Waals surface area contributed by atoms with Crippen LogP contribution in [-0.4, -0.2) is 204 Å². The van der Waals surface area contributed by atoms with E-state index in [4.69, 9.17) is 56.8 Å². The Balaban J connectivity index is 0.000000142. The number of aromatic nitrogens is 12. The number of urea groups is 3. The van der Waals surface area contributed by atoms with E-state index in [0.717, 1.165) is 61.7 Å². The summed E-state index contributed by atoms with van der Waals surface area (Å²) in [6, 6.07) is 25.1. The van der Waals surface area contributed by atoms with Crippen molar-refractivity contribution in [1.29, 1.82) is 0 Å². The van der Waals surface area contributed by atoms with Crippen LogP contribution in [0.4, 0.5) is 58.2 Å². The third kappa shape index (κ3) is 19.4. The third-order valence-electron chi connectivity index (χ3n) is 21.0. The average molecular weight is 1790 g/mol. The summed E-state index contributed by atoms with van der Waals surface area (Å²) >= 11 is 0. The highest BCUT2D eigenvalue weighted by Gasteiger charge is 2.58. The number of unbranched alkanes of at least 4 members (excludes halogenated alkanes) is 1. The summed E-state index contributed by atoms with van der Waals surface area (Å²) in [5.74, 6) is -7.07. The van der Waals surface area contributed by atoms with Crippen molar-refractivity contribution >= 4 is 86.9 Å². The van der Waals surface area contributed by atoms with Crippen LogP contribution in [0, 0.1) is 34.9 Å². The number of nitrogens with zero attached hydrogens (tertiary/aromatic N) is 12. The molecule has 0 radical (unpaired) electrons. The smallest absolute Gasteiger partial charge is 0.339 e. The van der Waals surface area contributed by atoms with Gasteiger partial charge < -0.3 is 88.1 Å². The number of benzene rings is 6. The molecule has 6 saturated heterocycles. The van der Waals surface area contributed by atoms with Crippen molar-refractivity contribution in [1.82, 2.24) is 74.5 Å². The lowest BCUT2D eigenvalue weighted by Gasteiger charge is -2.22. The number of amides is 6. The predicted octanol–water partition coefficient (Wildman–Crippen LogP) is 11.4. The summed E-state index contributed by atoms with van der Waals surface area (Å²) < 4.78 is 160. The minimum atomic E-state index is -1.35. The van der Waals surface area contributed by atoms with Gasteiger partial charge in [0.2, 0.25) is 0 Å². The maximum atomic E-state index is 13.9. The van der Waals surface area contributed by atoms with Crippen molar-refractivity contribution < 1.29 is 127 Å². The van der Waals surface area contributed by atoms with Crippen LogP contribution in [0.2, 0.25) is 0 Å². The maximum absolute atomic E-state index is 13.9. The van der Waals surface area contributed by atoms with E-state index in [-0.39, 0.29) is 71.2 Å². The molecule has 6 amide bonds. The number of aromatic carboxylic acids is 3. The molecule has 0 bridgehead atoms.